The molecule has 4 N–H and O–H groups in total. The Balaban J connectivity index is 2.77. The molecule has 0 aliphatic rings. The summed E-state index contributed by atoms with van der Waals surface area (Å²) in [5.74, 6) is 0.686. The maximum atomic E-state index is 9.08. The number of aliphatic hydroxyl groups is 3. The highest BCUT2D eigenvalue weighted by Crippen LogP contribution is 2.12. The number of methoxy groups -OCH3 is 1. The lowest BCUT2D eigenvalue weighted by Gasteiger charge is -2.28. The zero-order chi connectivity index (χ0) is 12.0. The van der Waals surface area contributed by atoms with Crippen LogP contribution in [0.4, 0.5) is 5.95 Å². The van der Waals surface area contributed by atoms with Crippen LogP contribution in [0.5, 0.6) is 5.75 Å². The van der Waals surface area contributed by atoms with Crippen molar-refractivity contribution < 1.29 is 20.1 Å². The van der Waals surface area contributed by atoms with Gasteiger partial charge in [0, 0.05) is 0 Å². The molecule has 0 saturated heterocycles. The van der Waals surface area contributed by atoms with Crippen molar-refractivity contribution in [3.05, 3.63) is 12.4 Å². The van der Waals surface area contributed by atoms with Crippen molar-refractivity contribution in [2.75, 3.05) is 32.2 Å². The smallest absolute Gasteiger partial charge is 0.223 e. The molecule has 0 amide bonds. The van der Waals surface area contributed by atoms with E-state index in [1.807, 2.05) is 0 Å². The van der Waals surface area contributed by atoms with Gasteiger partial charge in [0.1, 0.15) is 5.54 Å². The first-order valence-corrected chi connectivity index (χ1v) is 4.66. The van der Waals surface area contributed by atoms with Crippen LogP contribution >= 0.6 is 0 Å². The average molecular weight is 229 g/mol. The van der Waals surface area contributed by atoms with E-state index in [1.165, 1.54) is 19.5 Å². The quantitative estimate of drug-likeness (QED) is 0.475. The predicted molar refractivity (Wildman–Crippen MR) is 56.2 cm³/mol. The second-order valence-corrected chi connectivity index (χ2v) is 3.33. The lowest BCUT2D eigenvalue weighted by atomic mass is 10.0. The van der Waals surface area contributed by atoms with E-state index in [9.17, 15) is 0 Å². The number of aromatic nitrogens is 2. The van der Waals surface area contributed by atoms with Crippen LogP contribution < -0.4 is 10.1 Å². The first-order valence-electron chi connectivity index (χ1n) is 4.66. The van der Waals surface area contributed by atoms with Crippen LogP contribution in [-0.4, -0.2) is 57.8 Å². The molecule has 0 bridgehead atoms. The Morgan fingerprint density at radius 2 is 1.69 bits per heavy atom. The number of nitrogens with zero attached hydrogens (tertiary/aromatic N) is 2. The molecule has 1 aromatic heterocycles. The van der Waals surface area contributed by atoms with Crippen LogP contribution in [0.25, 0.3) is 0 Å². The zero-order valence-corrected chi connectivity index (χ0v) is 8.92. The summed E-state index contributed by atoms with van der Waals surface area (Å²) in [4.78, 5) is 7.80. The van der Waals surface area contributed by atoms with E-state index in [0.29, 0.717) is 5.75 Å². The summed E-state index contributed by atoms with van der Waals surface area (Å²) in [7, 11) is 1.49. The highest BCUT2D eigenvalue weighted by Gasteiger charge is 2.28. The summed E-state index contributed by atoms with van der Waals surface area (Å²) < 4.78 is 4.88. The molecule has 16 heavy (non-hydrogen) atoms. The van der Waals surface area contributed by atoms with Crippen molar-refractivity contribution in [1.29, 1.82) is 0 Å². The molecular formula is C9H15N3O4. The molecule has 7 nitrogen and oxygen atoms in total. The SMILES string of the molecule is COc1cnc(NC(CO)(CO)CO)nc1. The third-order valence-corrected chi connectivity index (χ3v) is 2.15. The zero-order valence-electron chi connectivity index (χ0n) is 8.92. The van der Waals surface area contributed by atoms with Gasteiger partial charge < -0.3 is 25.4 Å². The highest BCUT2D eigenvalue weighted by molar-refractivity contribution is 5.31. The van der Waals surface area contributed by atoms with Crippen LogP contribution in [0, 0.1) is 0 Å². The Morgan fingerprint density at radius 1 is 1.19 bits per heavy atom. The van der Waals surface area contributed by atoms with Crippen LogP contribution in [0.1, 0.15) is 0 Å². The summed E-state index contributed by atoms with van der Waals surface area (Å²) in [6.07, 6.45) is 2.87. The van der Waals surface area contributed by atoms with Crippen molar-refractivity contribution in [2.45, 2.75) is 5.54 Å². The van der Waals surface area contributed by atoms with Gasteiger partial charge in [-0.25, -0.2) is 9.97 Å². The van der Waals surface area contributed by atoms with Crippen LogP contribution in [0.2, 0.25) is 0 Å². The van der Waals surface area contributed by atoms with Gasteiger partial charge in [-0.3, -0.25) is 0 Å². The summed E-state index contributed by atoms with van der Waals surface area (Å²) in [5, 5.41) is 29.9. The molecule has 90 valence electrons. The van der Waals surface area contributed by atoms with Gasteiger partial charge in [-0.2, -0.15) is 0 Å². The number of rotatable bonds is 6. The maximum Gasteiger partial charge on any atom is 0.223 e. The van der Waals surface area contributed by atoms with Crippen molar-refractivity contribution in [3.8, 4) is 5.75 Å². The molecule has 7 heteroatoms. The standard InChI is InChI=1S/C9H15N3O4/c1-16-7-2-10-8(11-3-7)12-9(4-13,5-14)6-15/h2-3,13-15H,4-6H2,1H3,(H,10,11,12). The van der Waals surface area contributed by atoms with Gasteiger partial charge in [0.15, 0.2) is 5.75 Å². The minimum atomic E-state index is -1.23. The van der Waals surface area contributed by atoms with Crippen molar-refractivity contribution in [1.82, 2.24) is 9.97 Å². The first kappa shape index (κ1) is 12.6. The molecule has 0 aliphatic carbocycles. The number of aliphatic hydroxyl groups excluding tert-OH is 3. The fourth-order valence-electron chi connectivity index (χ4n) is 0.992. The molecule has 0 fully saturated rings. The molecule has 0 aliphatic heterocycles. The van der Waals surface area contributed by atoms with Gasteiger partial charge in [0.2, 0.25) is 5.95 Å². The molecule has 0 unspecified atom stereocenters. The topological polar surface area (TPSA) is 108 Å². The summed E-state index contributed by atoms with van der Waals surface area (Å²) >= 11 is 0. The van der Waals surface area contributed by atoms with Gasteiger partial charge in [0.25, 0.3) is 0 Å². The van der Waals surface area contributed by atoms with Crippen molar-refractivity contribution in [3.63, 3.8) is 0 Å². The van der Waals surface area contributed by atoms with Gasteiger partial charge in [-0.05, 0) is 0 Å². The Kier molecular flexibility index (Phi) is 4.41. The molecule has 0 aromatic carbocycles. The maximum absolute atomic E-state index is 9.08. The Morgan fingerprint density at radius 3 is 2.06 bits per heavy atom. The molecule has 1 rings (SSSR count). The lowest BCUT2D eigenvalue weighted by Crippen LogP contribution is -2.49. The minimum absolute atomic E-state index is 0.193. The summed E-state index contributed by atoms with van der Waals surface area (Å²) in [6, 6.07) is 0. The number of nitrogens with one attached hydrogen (secondary N) is 1. The number of ether oxygens (including phenoxy) is 1. The lowest BCUT2D eigenvalue weighted by molar-refractivity contribution is 0.0828. The normalized spacial score (nSPS) is 11.2. The van der Waals surface area contributed by atoms with Crippen molar-refractivity contribution in [2.24, 2.45) is 0 Å². The van der Waals surface area contributed by atoms with Gasteiger partial charge >= 0.3 is 0 Å². The largest absolute Gasteiger partial charge is 0.494 e. The highest BCUT2D eigenvalue weighted by atomic mass is 16.5. The molecule has 1 heterocycles. The Bertz CT molecular complexity index is 305. The number of hydrogen-bond acceptors (Lipinski definition) is 7. The van der Waals surface area contributed by atoms with Crippen molar-refractivity contribution >= 4 is 5.95 Å². The number of hydrogen-bond donors (Lipinski definition) is 4. The first-order chi connectivity index (χ1) is 7.69. The van der Waals surface area contributed by atoms with Crippen LogP contribution in [0.15, 0.2) is 12.4 Å². The molecule has 0 radical (unpaired) electrons. The second kappa shape index (κ2) is 5.59. The van der Waals surface area contributed by atoms with E-state index in [0.717, 1.165) is 0 Å². The predicted octanol–water partition coefficient (Wildman–Crippen LogP) is -1.39. The monoisotopic (exact) mass is 229 g/mol. The van der Waals surface area contributed by atoms with E-state index >= 15 is 0 Å². The van der Waals surface area contributed by atoms with Crippen LogP contribution in [0.3, 0.4) is 0 Å². The summed E-state index contributed by atoms with van der Waals surface area (Å²) in [5.41, 5.74) is -1.23. The van der Waals surface area contributed by atoms with Gasteiger partial charge in [-0.1, -0.05) is 0 Å². The van der Waals surface area contributed by atoms with Gasteiger partial charge in [0.05, 0.1) is 39.3 Å². The molecule has 0 spiro atoms. The van der Waals surface area contributed by atoms with Crippen LogP contribution in [-0.2, 0) is 0 Å². The van der Waals surface area contributed by atoms with E-state index < -0.39 is 25.4 Å². The average Bonchev–Trinajstić information content (AvgIpc) is 2.37. The van der Waals surface area contributed by atoms with E-state index in [4.69, 9.17) is 20.1 Å². The Hall–Kier alpha value is -1.44. The summed E-state index contributed by atoms with van der Waals surface area (Å²) in [6.45, 7) is -1.31. The fraction of sp³-hybridized carbons (Fsp3) is 0.556. The van der Waals surface area contributed by atoms with E-state index in [2.05, 4.69) is 15.3 Å². The second-order valence-electron chi connectivity index (χ2n) is 3.33. The van der Waals surface area contributed by atoms with Gasteiger partial charge in [-0.15, -0.1) is 0 Å². The third-order valence-electron chi connectivity index (χ3n) is 2.15. The van der Waals surface area contributed by atoms with E-state index in [1.54, 1.807) is 0 Å². The number of anilines is 1. The molecule has 0 saturated carbocycles. The molecule has 0 atom stereocenters. The molecular weight excluding hydrogens is 214 g/mol. The fourth-order valence-corrected chi connectivity index (χ4v) is 0.992. The Labute approximate surface area is 92.7 Å². The minimum Gasteiger partial charge on any atom is -0.494 e. The molecule has 1 aromatic rings. The van der Waals surface area contributed by atoms with E-state index in [-0.39, 0.29) is 5.95 Å². The third kappa shape index (κ3) is 2.78.